The van der Waals surface area contributed by atoms with Gasteiger partial charge in [0, 0.05) is 0 Å². The first kappa shape index (κ1) is 12.4. The van der Waals surface area contributed by atoms with Gasteiger partial charge in [-0.25, -0.2) is 0 Å². The molecule has 0 aliphatic carbocycles. The summed E-state index contributed by atoms with van der Waals surface area (Å²) in [6.07, 6.45) is 2.73. The van der Waals surface area contributed by atoms with Crippen molar-refractivity contribution >= 4 is 23.2 Å². The van der Waals surface area contributed by atoms with Crippen LogP contribution in [0.15, 0.2) is 24.3 Å². The van der Waals surface area contributed by atoms with E-state index in [1.54, 1.807) is 6.07 Å². The SMILES string of the molecule is CCC1(C(=O)Nc2ccccc2Cl)CCCN1. The third-order valence-electron chi connectivity index (χ3n) is 3.40. The van der Waals surface area contributed by atoms with Crippen LogP contribution in [0.3, 0.4) is 0 Å². The first-order chi connectivity index (χ1) is 8.18. The third-order valence-corrected chi connectivity index (χ3v) is 3.73. The molecule has 1 heterocycles. The Bertz CT molecular complexity index is 414. The fourth-order valence-corrected chi connectivity index (χ4v) is 2.45. The Morgan fingerprint density at radius 1 is 1.53 bits per heavy atom. The van der Waals surface area contributed by atoms with Gasteiger partial charge in [0.25, 0.3) is 0 Å². The molecule has 1 fully saturated rings. The maximum absolute atomic E-state index is 12.3. The number of hydrogen-bond acceptors (Lipinski definition) is 2. The smallest absolute Gasteiger partial charge is 0.244 e. The number of halogens is 1. The fraction of sp³-hybridized carbons (Fsp3) is 0.462. The highest BCUT2D eigenvalue weighted by Gasteiger charge is 2.39. The van der Waals surface area contributed by atoms with Gasteiger partial charge in [0.15, 0.2) is 0 Å². The molecule has 1 aromatic carbocycles. The summed E-state index contributed by atoms with van der Waals surface area (Å²) >= 11 is 6.03. The molecule has 1 unspecified atom stereocenters. The number of para-hydroxylation sites is 1. The lowest BCUT2D eigenvalue weighted by Crippen LogP contribution is -2.50. The number of rotatable bonds is 3. The average molecular weight is 253 g/mol. The molecule has 0 bridgehead atoms. The van der Waals surface area contributed by atoms with Gasteiger partial charge < -0.3 is 10.6 Å². The monoisotopic (exact) mass is 252 g/mol. The van der Waals surface area contributed by atoms with E-state index in [9.17, 15) is 4.79 Å². The van der Waals surface area contributed by atoms with Crippen LogP contribution < -0.4 is 10.6 Å². The lowest BCUT2D eigenvalue weighted by Gasteiger charge is -2.26. The molecule has 1 aromatic rings. The summed E-state index contributed by atoms with van der Waals surface area (Å²) in [5, 5.41) is 6.79. The van der Waals surface area contributed by atoms with Crippen molar-refractivity contribution in [2.24, 2.45) is 0 Å². The summed E-state index contributed by atoms with van der Waals surface area (Å²) in [5.74, 6) is 0.0191. The van der Waals surface area contributed by atoms with E-state index in [4.69, 9.17) is 11.6 Å². The van der Waals surface area contributed by atoms with Gasteiger partial charge in [-0.3, -0.25) is 4.79 Å². The van der Waals surface area contributed by atoms with E-state index in [0.717, 1.165) is 25.8 Å². The molecule has 0 aromatic heterocycles. The highest BCUT2D eigenvalue weighted by molar-refractivity contribution is 6.33. The highest BCUT2D eigenvalue weighted by atomic mass is 35.5. The van der Waals surface area contributed by atoms with Gasteiger partial charge in [-0.2, -0.15) is 0 Å². The van der Waals surface area contributed by atoms with Crippen molar-refractivity contribution in [3.05, 3.63) is 29.3 Å². The van der Waals surface area contributed by atoms with Crippen LogP contribution in [0.2, 0.25) is 5.02 Å². The zero-order valence-corrected chi connectivity index (χ0v) is 10.7. The zero-order valence-electron chi connectivity index (χ0n) is 9.92. The summed E-state index contributed by atoms with van der Waals surface area (Å²) in [7, 11) is 0. The Morgan fingerprint density at radius 2 is 2.29 bits per heavy atom. The number of anilines is 1. The van der Waals surface area contributed by atoms with E-state index in [-0.39, 0.29) is 5.91 Å². The molecule has 1 atom stereocenters. The first-order valence-corrected chi connectivity index (χ1v) is 6.37. The maximum Gasteiger partial charge on any atom is 0.244 e. The summed E-state index contributed by atoms with van der Waals surface area (Å²) in [6, 6.07) is 7.31. The quantitative estimate of drug-likeness (QED) is 0.869. The molecule has 1 aliphatic rings. The van der Waals surface area contributed by atoms with Crippen LogP contribution in [0.1, 0.15) is 26.2 Å². The standard InChI is InChI=1S/C13H17ClN2O/c1-2-13(8-5-9-15-13)12(17)16-11-7-4-3-6-10(11)14/h3-4,6-7,15H,2,5,8-9H2,1H3,(H,16,17). The molecule has 17 heavy (non-hydrogen) atoms. The minimum atomic E-state index is -0.417. The number of hydrogen-bond donors (Lipinski definition) is 2. The van der Waals surface area contributed by atoms with Gasteiger partial charge in [-0.05, 0) is 37.9 Å². The molecule has 92 valence electrons. The predicted molar refractivity (Wildman–Crippen MR) is 70.3 cm³/mol. The number of carbonyl (C=O) groups is 1. The summed E-state index contributed by atoms with van der Waals surface area (Å²) < 4.78 is 0. The summed E-state index contributed by atoms with van der Waals surface area (Å²) in [6.45, 7) is 2.94. The van der Waals surface area contributed by atoms with Crippen molar-refractivity contribution in [2.75, 3.05) is 11.9 Å². The van der Waals surface area contributed by atoms with Crippen molar-refractivity contribution in [1.29, 1.82) is 0 Å². The van der Waals surface area contributed by atoms with Crippen LogP contribution in [0.25, 0.3) is 0 Å². The van der Waals surface area contributed by atoms with E-state index < -0.39 is 5.54 Å². The summed E-state index contributed by atoms with van der Waals surface area (Å²) in [4.78, 5) is 12.3. The van der Waals surface area contributed by atoms with Crippen LogP contribution in [-0.2, 0) is 4.79 Å². The molecule has 0 radical (unpaired) electrons. The first-order valence-electron chi connectivity index (χ1n) is 5.99. The Labute approximate surface area is 107 Å². The van der Waals surface area contributed by atoms with E-state index >= 15 is 0 Å². The van der Waals surface area contributed by atoms with E-state index in [0.29, 0.717) is 10.7 Å². The molecule has 0 saturated carbocycles. The third kappa shape index (κ3) is 2.45. The van der Waals surface area contributed by atoms with E-state index in [2.05, 4.69) is 10.6 Å². The normalized spacial score (nSPS) is 23.6. The molecule has 1 saturated heterocycles. The number of benzene rings is 1. The van der Waals surface area contributed by atoms with Gasteiger partial charge in [0.05, 0.1) is 16.2 Å². The lowest BCUT2D eigenvalue weighted by atomic mass is 9.93. The minimum Gasteiger partial charge on any atom is -0.323 e. The molecule has 4 heteroatoms. The molecule has 2 rings (SSSR count). The predicted octanol–water partition coefficient (Wildman–Crippen LogP) is 2.81. The van der Waals surface area contributed by atoms with Crippen LogP contribution in [-0.4, -0.2) is 18.0 Å². The topological polar surface area (TPSA) is 41.1 Å². The molecule has 0 spiro atoms. The molecule has 1 amide bonds. The Morgan fingerprint density at radius 3 is 2.88 bits per heavy atom. The second-order valence-corrected chi connectivity index (χ2v) is 4.81. The van der Waals surface area contributed by atoms with E-state index in [1.165, 1.54) is 0 Å². The number of carbonyl (C=O) groups excluding carboxylic acids is 1. The Balaban J connectivity index is 2.14. The van der Waals surface area contributed by atoms with Crippen LogP contribution in [0, 0.1) is 0 Å². The number of amides is 1. The van der Waals surface area contributed by atoms with Crippen LogP contribution in [0.5, 0.6) is 0 Å². The fourth-order valence-electron chi connectivity index (χ4n) is 2.27. The van der Waals surface area contributed by atoms with Crippen LogP contribution in [0.4, 0.5) is 5.69 Å². The largest absolute Gasteiger partial charge is 0.323 e. The average Bonchev–Trinajstić information content (AvgIpc) is 2.82. The number of nitrogens with one attached hydrogen (secondary N) is 2. The molecule has 3 nitrogen and oxygen atoms in total. The second-order valence-electron chi connectivity index (χ2n) is 4.40. The van der Waals surface area contributed by atoms with Crippen molar-refractivity contribution in [3.63, 3.8) is 0 Å². The molecular weight excluding hydrogens is 236 g/mol. The van der Waals surface area contributed by atoms with Crippen molar-refractivity contribution in [2.45, 2.75) is 31.7 Å². The second kappa shape index (κ2) is 5.07. The van der Waals surface area contributed by atoms with Crippen LogP contribution >= 0.6 is 11.6 Å². The minimum absolute atomic E-state index is 0.0191. The molecule has 2 N–H and O–H groups in total. The van der Waals surface area contributed by atoms with Gasteiger partial charge in [0.1, 0.15) is 0 Å². The Kier molecular flexibility index (Phi) is 3.69. The highest BCUT2D eigenvalue weighted by Crippen LogP contribution is 2.27. The van der Waals surface area contributed by atoms with Crippen molar-refractivity contribution in [3.8, 4) is 0 Å². The molecular formula is C13H17ClN2O. The zero-order chi connectivity index (χ0) is 12.3. The van der Waals surface area contributed by atoms with Gasteiger partial charge in [0.2, 0.25) is 5.91 Å². The molecule has 1 aliphatic heterocycles. The van der Waals surface area contributed by atoms with Gasteiger partial charge >= 0.3 is 0 Å². The van der Waals surface area contributed by atoms with Crippen molar-refractivity contribution < 1.29 is 4.79 Å². The van der Waals surface area contributed by atoms with Gasteiger partial charge in [-0.1, -0.05) is 30.7 Å². The maximum atomic E-state index is 12.3. The summed E-state index contributed by atoms with van der Waals surface area (Å²) in [5.41, 5.74) is 0.264. The van der Waals surface area contributed by atoms with Crippen molar-refractivity contribution in [1.82, 2.24) is 5.32 Å². The van der Waals surface area contributed by atoms with E-state index in [1.807, 2.05) is 25.1 Å². The van der Waals surface area contributed by atoms with Gasteiger partial charge in [-0.15, -0.1) is 0 Å². The Hall–Kier alpha value is -1.06. The lowest BCUT2D eigenvalue weighted by molar-refractivity contribution is -0.122.